The van der Waals surface area contributed by atoms with Gasteiger partial charge >= 0.3 is 0 Å². The molecular formula is C13H11N3O2. The van der Waals surface area contributed by atoms with E-state index in [0.717, 1.165) is 0 Å². The quantitative estimate of drug-likeness (QED) is 0.795. The number of aryl methyl sites for hydroxylation is 1. The summed E-state index contributed by atoms with van der Waals surface area (Å²) in [5, 5.41) is 13.2. The molecule has 5 heteroatoms. The Morgan fingerprint density at radius 2 is 2.11 bits per heavy atom. The van der Waals surface area contributed by atoms with E-state index >= 15 is 0 Å². The summed E-state index contributed by atoms with van der Waals surface area (Å²) in [4.78, 5) is 11.5. The summed E-state index contributed by atoms with van der Waals surface area (Å²) in [6.07, 6.45) is 0. The van der Waals surface area contributed by atoms with Gasteiger partial charge in [0, 0.05) is 18.7 Å². The lowest BCUT2D eigenvalue weighted by Crippen LogP contribution is -2.20. The first kappa shape index (κ1) is 11.9. The number of methoxy groups -OCH3 is 1. The summed E-state index contributed by atoms with van der Waals surface area (Å²) in [6.45, 7) is 0. The number of hydrogen-bond donors (Lipinski definition) is 0. The Bertz CT molecular complexity index is 683. The number of benzene rings is 1. The van der Waals surface area contributed by atoms with E-state index in [1.54, 1.807) is 26.3 Å². The molecule has 0 fully saturated rings. The number of nitrogens with zero attached hydrogens (tertiary/aromatic N) is 3. The van der Waals surface area contributed by atoms with Crippen LogP contribution in [0.4, 0.5) is 0 Å². The van der Waals surface area contributed by atoms with Crippen LogP contribution in [-0.2, 0) is 7.05 Å². The van der Waals surface area contributed by atoms with Gasteiger partial charge in [-0.2, -0.15) is 10.4 Å². The number of nitriles is 1. The Morgan fingerprint density at radius 3 is 2.78 bits per heavy atom. The molecule has 1 aromatic carbocycles. The fourth-order valence-corrected chi connectivity index (χ4v) is 1.66. The molecule has 0 aliphatic heterocycles. The maximum atomic E-state index is 11.5. The van der Waals surface area contributed by atoms with Gasteiger partial charge in [-0.25, -0.2) is 4.68 Å². The van der Waals surface area contributed by atoms with E-state index < -0.39 is 0 Å². The molecular weight excluding hydrogens is 230 g/mol. The molecule has 0 unspecified atom stereocenters. The third-order valence-corrected chi connectivity index (χ3v) is 2.57. The molecule has 90 valence electrons. The lowest BCUT2D eigenvalue weighted by atomic mass is 10.1. The van der Waals surface area contributed by atoms with E-state index in [0.29, 0.717) is 17.0 Å². The second-order valence-corrected chi connectivity index (χ2v) is 3.68. The molecule has 5 nitrogen and oxygen atoms in total. The predicted octanol–water partition coefficient (Wildman–Crippen LogP) is 1.33. The van der Waals surface area contributed by atoms with Crippen LogP contribution in [0.5, 0.6) is 5.75 Å². The number of ether oxygens (including phenoxy) is 1. The van der Waals surface area contributed by atoms with Crippen LogP contribution in [0, 0.1) is 11.3 Å². The van der Waals surface area contributed by atoms with Crippen LogP contribution < -0.4 is 10.3 Å². The Labute approximate surface area is 104 Å². The minimum absolute atomic E-state index is 0.239. The van der Waals surface area contributed by atoms with Crippen molar-refractivity contribution >= 4 is 0 Å². The largest absolute Gasteiger partial charge is 0.496 e. The van der Waals surface area contributed by atoms with Crippen LogP contribution in [0.1, 0.15) is 5.56 Å². The Balaban J connectivity index is 2.75. The maximum Gasteiger partial charge on any atom is 0.267 e. The molecule has 0 amide bonds. The van der Waals surface area contributed by atoms with E-state index in [1.807, 2.05) is 18.2 Å². The average Bonchev–Trinajstić information content (AvgIpc) is 2.41. The van der Waals surface area contributed by atoms with Gasteiger partial charge in [-0.05, 0) is 12.1 Å². The number of para-hydroxylation sites is 1. The van der Waals surface area contributed by atoms with Crippen molar-refractivity contribution in [3.05, 3.63) is 46.2 Å². The van der Waals surface area contributed by atoms with E-state index in [2.05, 4.69) is 5.10 Å². The van der Waals surface area contributed by atoms with Gasteiger partial charge in [0.1, 0.15) is 17.5 Å². The molecule has 0 aliphatic carbocycles. The first-order valence-corrected chi connectivity index (χ1v) is 5.29. The van der Waals surface area contributed by atoms with Crippen molar-refractivity contribution in [2.45, 2.75) is 0 Å². The van der Waals surface area contributed by atoms with Crippen molar-refractivity contribution in [2.24, 2.45) is 7.05 Å². The summed E-state index contributed by atoms with van der Waals surface area (Å²) < 4.78 is 6.43. The van der Waals surface area contributed by atoms with Crippen molar-refractivity contribution in [2.75, 3.05) is 7.11 Å². The minimum atomic E-state index is -0.315. The van der Waals surface area contributed by atoms with E-state index in [-0.39, 0.29) is 11.1 Å². The van der Waals surface area contributed by atoms with Gasteiger partial charge in [-0.1, -0.05) is 12.1 Å². The Hall–Kier alpha value is -2.61. The van der Waals surface area contributed by atoms with Crippen LogP contribution in [0.25, 0.3) is 11.3 Å². The van der Waals surface area contributed by atoms with Gasteiger partial charge in [0.25, 0.3) is 5.56 Å². The fraction of sp³-hybridized carbons (Fsp3) is 0.154. The third-order valence-electron chi connectivity index (χ3n) is 2.57. The maximum absolute atomic E-state index is 11.5. The van der Waals surface area contributed by atoms with Gasteiger partial charge in [-0.15, -0.1) is 0 Å². The van der Waals surface area contributed by atoms with Gasteiger partial charge in [0.2, 0.25) is 0 Å². The molecule has 0 atom stereocenters. The highest BCUT2D eigenvalue weighted by Crippen LogP contribution is 2.29. The monoisotopic (exact) mass is 241 g/mol. The van der Waals surface area contributed by atoms with Crippen molar-refractivity contribution in [1.82, 2.24) is 9.78 Å². The summed E-state index contributed by atoms with van der Waals surface area (Å²) in [6, 6.07) is 10.5. The smallest absolute Gasteiger partial charge is 0.267 e. The molecule has 0 N–H and O–H groups in total. The van der Waals surface area contributed by atoms with Crippen LogP contribution in [0.3, 0.4) is 0 Å². The van der Waals surface area contributed by atoms with Crippen molar-refractivity contribution < 1.29 is 4.74 Å². The summed E-state index contributed by atoms with van der Waals surface area (Å²) in [5.74, 6) is 0.611. The average molecular weight is 241 g/mol. The highest BCUT2D eigenvalue weighted by atomic mass is 16.5. The highest BCUT2D eigenvalue weighted by Gasteiger charge is 2.13. The standard InChI is InChI=1S/C13H11N3O2/c1-16-12(17)7-9(8-14)13(15-16)10-5-3-4-6-11(10)18-2/h3-7H,1-2H3. The normalized spacial score (nSPS) is 9.83. The van der Waals surface area contributed by atoms with Crippen LogP contribution in [0.2, 0.25) is 0 Å². The number of rotatable bonds is 2. The number of hydrogen-bond acceptors (Lipinski definition) is 4. The second-order valence-electron chi connectivity index (χ2n) is 3.68. The zero-order valence-electron chi connectivity index (χ0n) is 10.0. The van der Waals surface area contributed by atoms with Crippen LogP contribution in [0.15, 0.2) is 35.1 Å². The van der Waals surface area contributed by atoms with Gasteiger partial charge in [-0.3, -0.25) is 4.79 Å². The topological polar surface area (TPSA) is 67.9 Å². The van der Waals surface area contributed by atoms with Crippen molar-refractivity contribution in [3.8, 4) is 23.1 Å². The Morgan fingerprint density at radius 1 is 1.39 bits per heavy atom. The van der Waals surface area contributed by atoms with E-state index in [4.69, 9.17) is 10.00 Å². The Kier molecular flexibility index (Phi) is 3.11. The number of aromatic nitrogens is 2. The zero-order valence-corrected chi connectivity index (χ0v) is 10.0. The molecule has 0 aliphatic rings. The molecule has 0 saturated heterocycles. The lowest BCUT2D eigenvalue weighted by Gasteiger charge is -2.09. The summed E-state index contributed by atoms with van der Waals surface area (Å²) >= 11 is 0. The minimum Gasteiger partial charge on any atom is -0.496 e. The van der Waals surface area contributed by atoms with Crippen LogP contribution >= 0.6 is 0 Å². The van der Waals surface area contributed by atoms with Crippen LogP contribution in [-0.4, -0.2) is 16.9 Å². The molecule has 1 aromatic heterocycles. The molecule has 2 aromatic rings. The molecule has 0 radical (unpaired) electrons. The predicted molar refractivity (Wildman–Crippen MR) is 66.2 cm³/mol. The molecule has 18 heavy (non-hydrogen) atoms. The molecule has 2 rings (SSSR count). The lowest BCUT2D eigenvalue weighted by molar-refractivity contribution is 0.416. The first-order valence-electron chi connectivity index (χ1n) is 5.29. The van der Waals surface area contributed by atoms with Gasteiger partial charge in [0.05, 0.1) is 12.7 Å². The SMILES string of the molecule is COc1ccccc1-c1nn(C)c(=O)cc1C#N. The summed E-state index contributed by atoms with van der Waals surface area (Å²) in [5.41, 5.74) is 1.05. The second kappa shape index (κ2) is 4.72. The third kappa shape index (κ3) is 1.96. The van der Waals surface area contributed by atoms with E-state index in [9.17, 15) is 4.79 Å². The van der Waals surface area contributed by atoms with E-state index in [1.165, 1.54) is 10.7 Å². The molecule has 0 saturated carbocycles. The zero-order chi connectivity index (χ0) is 13.1. The van der Waals surface area contributed by atoms with Crippen molar-refractivity contribution in [1.29, 1.82) is 5.26 Å². The summed E-state index contributed by atoms with van der Waals surface area (Å²) in [7, 11) is 3.09. The molecule has 1 heterocycles. The van der Waals surface area contributed by atoms with Gasteiger partial charge in [0.15, 0.2) is 0 Å². The molecule has 0 spiro atoms. The first-order chi connectivity index (χ1) is 8.67. The molecule has 0 bridgehead atoms. The highest BCUT2D eigenvalue weighted by molar-refractivity contribution is 5.71. The van der Waals surface area contributed by atoms with Gasteiger partial charge < -0.3 is 4.74 Å². The fourth-order valence-electron chi connectivity index (χ4n) is 1.66. The van der Waals surface area contributed by atoms with Crippen molar-refractivity contribution in [3.63, 3.8) is 0 Å².